The second-order valence-corrected chi connectivity index (χ2v) is 9.28. The van der Waals surface area contributed by atoms with Crippen LogP contribution in [0.5, 0.6) is 0 Å². The molecule has 33 heavy (non-hydrogen) atoms. The van der Waals surface area contributed by atoms with Gasteiger partial charge < -0.3 is 18.6 Å². The zero-order valence-corrected chi connectivity index (χ0v) is 19.1. The third-order valence-corrected chi connectivity index (χ3v) is 6.90. The lowest BCUT2D eigenvalue weighted by molar-refractivity contribution is 0.473. The lowest BCUT2D eigenvalue weighted by Gasteiger charge is -2.34. The average Bonchev–Trinajstić information content (AvgIpc) is 3.65. The van der Waals surface area contributed by atoms with E-state index in [4.69, 9.17) is 8.83 Å². The van der Waals surface area contributed by atoms with Crippen molar-refractivity contribution in [1.29, 1.82) is 10.5 Å². The molecule has 0 unspecified atom stereocenters. The van der Waals surface area contributed by atoms with Crippen LogP contribution in [0.25, 0.3) is 12.2 Å². The Hall–Kier alpha value is -3.86. The number of rotatable bonds is 6. The van der Waals surface area contributed by atoms with Crippen LogP contribution in [0, 0.1) is 22.7 Å². The van der Waals surface area contributed by atoms with E-state index in [1.807, 2.05) is 50.9 Å². The first kappa shape index (κ1) is 21.0. The van der Waals surface area contributed by atoms with Crippen LogP contribution in [0.15, 0.2) is 43.9 Å². The fourth-order valence-electron chi connectivity index (χ4n) is 3.62. The lowest BCUT2D eigenvalue weighted by atomic mass is 10.3. The molecule has 5 rings (SSSR count). The molecule has 164 valence electrons. The maximum absolute atomic E-state index is 9.54. The third-order valence-electron chi connectivity index (χ3n) is 5.18. The molecular formula is C23H18N6O2S2. The first-order chi connectivity index (χ1) is 16.2. The van der Waals surface area contributed by atoms with E-state index in [0.717, 1.165) is 9.75 Å². The highest BCUT2D eigenvalue weighted by Crippen LogP contribution is 2.28. The molecule has 8 nitrogen and oxygen atoms in total. The predicted molar refractivity (Wildman–Crippen MR) is 127 cm³/mol. The molecule has 10 heteroatoms. The summed E-state index contributed by atoms with van der Waals surface area (Å²) in [6.07, 6.45) is 4.26. The SMILES string of the molecule is N#Cc1nc(/C=C\c2cccs2)oc1N1CCN(c2oc(Cc3cccs3)nc2C#N)CC1. The van der Waals surface area contributed by atoms with Crippen LogP contribution in [0.3, 0.4) is 0 Å². The Balaban J connectivity index is 1.28. The van der Waals surface area contributed by atoms with Crippen LogP contribution >= 0.6 is 22.7 Å². The van der Waals surface area contributed by atoms with Gasteiger partial charge in [-0.15, -0.1) is 22.7 Å². The number of nitrogens with zero attached hydrogens (tertiary/aromatic N) is 6. The van der Waals surface area contributed by atoms with Crippen molar-refractivity contribution >= 4 is 46.6 Å². The minimum atomic E-state index is 0.268. The van der Waals surface area contributed by atoms with Gasteiger partial charge in [-0.3, -0.25) is 0 Å². The number of hydrogen-bond donors (Lipinski definition) is 0. The van der Waals surface area contributed by atoms with Crippen LogP contribution in [0.4, 0.5) is 11.8 Å². The van der Waals surface area contributed by atoms with Crippen molar-refractivity contribution < 1.29 is 8.83 Å². The highest BCUT2D eigenvalue weighted by Gasteiger charge is 2.27. The smallest absolute Gasteiger partial charge is 0.235 e. The molecule has 0 aromatic carbocycles. The summed E-state index contributed by atoms with van der Waals surface area (Å²) in [5.41, 5.74) is 0.568. The highest BCUT2D eigenvalue weighted by molar-refractivity contribution is 7.11. The summed E-state index contributed by atoms with van der Waals surface area (Å²) < 4.78 is 11.9. The molecule has 0 N–H and O–H groups in total. The summed E-state index contributed by atoms with van der Waals surface area (Å²) in [6.45, 7) is 2.41. The van der Waals surface area contributed by atoms with E-state index in [-0.39, 0.29) is 5.69 Å². The van der Waals surface area contributed by atoms with Gasteiger partial charge in [-0.1, -0.05) is 12.1 Å². The maximum Gasteiger partial charge on any atom is 0.235 e. The number of thiophene rings is 2. The quantitative estimate of drug-likeness (QED) is 0.399. The van der Waals surface area contributed by atoms with E-state index in [1.165, 1.54) is 0 Å². The van der Waals surface area contributed by atoms with Gasteiger partial charge in [0.15, 0.2) is 0 Å². The van der Waals surface area contributed by atoms with E-state index in [2.05, 4.69) is 22.1 Å². The summed E-state index contributed by atoms with van der Waals surface area (Å²) >= 11 is 3.25. The van der Waals surface area contributed by atoms with Gasteiger partial charge in [0.05, 0.1) is 6.42 Å². The Morgan fingerprint density at radius 2 is 1.55 bits per heavy atom. The van der Waals surface area contributed by atoms with Crippen molar-refractivity contribution in [3.05, 3.63) is 67.9 Å². The molecule has 4 aromatic rings. The number of nitriles is 2. The topological polar surface area (TPSA) is 106 Å². The first-order valence-corrected chi connectivity index (χ1v) is 12.0. The fraction of sp³-hybridized carbons (Fsp3) is 0.217. The molecule has 0 aliphatic carbocycles. The third kappa shape index (κ3) is 4.53. The Morgan fingerprint density at radius 3 is 2.18 bits per heavy atom. The monoisotopic (exact) mass is 474 g/mol. The van der Waals surface area contributed by atoms with Crippen LogP contribution in [-0.2, 0) is 6.42 Å². The van der Waals surface area contributed by atoms with Gasteiger partial charge in [-0.25, -0.2) is 4.98 Å². The molecule has 1 aliphatic heterocycles. The summed E-state index contributed by atoms with van der Waals surface area (Å²) in [6, 6.07) is 12.3. The van der Waals surface area contributed by atoms with Crippen molar-refractivity contribution in [2.24, 2.45) is 0 Å². The molecular weight excluding hydrogens is 456 g/mol. The second-order valence-electron chi connectivity index (χ2n) is 7.27. The summed E-state index contributed by atoms with van der Waals surface area (Å²) in [5, 5.41) is 23.1. The fourth-order valence-corrected chi connectivity index (χ4v) is 4.93. The summed E-state index contributed by atoms with van der Waals surface area (Å²) in [5.74, 6) is 1.91. The molecule has 1 aliphatic rings. The molecule has 0 spiro atoms. The van der Waals surface area contributed by atoms with Gasteiger partial charge in [0, 0.05) is 42.0 Å². The Kier molecular flexibility index (Phi) is 5.94. The van der Waals surface area contributed by atoms with Crippen LogP contribution in [0.2, 0.25) is 0 Å². The van der Waals surface area contributed by atoms with E-state index in [1.54, 1.807) is 28.7 Å². The minimum Gasteiger partial charge on any atom is -0.423 e. The maximum atomic E-state index is 9.54. The second kappa shape index (κ2) is 9.33. The Bertz CT molecular complexity index is 1330. The Labute approximate surface area is 198 Å². The van der Waals surface area contributed by atoms with Crippen molar-refractivity contribution in [3.8, 4) is 12.1 Å². The van der Waals surface area contributed by atoms with E-state index < -0.39 is 0 Å². The zero-order valence-electron chi connectivity index (χ0n) is 17.5. The normalized spacial score (nSPS) is 14.0. The molecule has 4 aromatic heterocycles. The van der Waals surface area contributed by atoms with Crippen molar-refractivity contribution in [2.75, 3.05) is 36.0 Å². The van der Waals surface area contributed by atoms with E-state index >= 15 is 0 Å². The molecule has 1 saturated heterocycles. The number of piperazine rings is 1. The standard InChI is InChI=1S/C23H18N6O2S2/c24-14-18-22(30-20(26-18)6-5-16-3-1-11-32-16)28-7-9-29(10-8-28)23-19(15-25)27-21(31-23)13-17-4-2-12-33-17/h1-6,11-12H,7-10,13H2/b6-5-. The van der Waals surface area contributed by atoms with Crippen molar-refractivity contribution in [2.45, 2.75) is 6.42 Å². The molecule has 0 saturated carbocycles. The predicted octanol–water partition coefficient (Wildman–Crippen LogP) is 4.62. The Morgan fingerprint density at radius 1 is 0.879 bits per heavy atom. The summed E-state index contributed by atoms with van der Waals surface area (Å²) in [4.78, 5) is 14.9. The van der Waals surface area contributed by atoms with Crippen LogP contribution in [0.1, 0.15) is 32.9 Å². The highest BCUT2D eigenvalue weighted by atomic mass is 32.1. The zero-order chi connectivity index (χ0) is 22.6. The number of hydrogen-bond acceptors (Lipinski definition) is 10. The molecule has 1 fully saturated rings. The molecule has 0 amide bonds. The van der Waals surface area contributed by atoms with Crippen LogP contribution in [-0.4, -0.2) is 36.1 Å². The molecule has 5 heterocycles. The molecule has 0 atom stereocenters. The van der Waals surface area contributed by atoms with Gasteiger partial charge >= 0.3 is 0 Å². The summed E-state index contributed by atoms with van der Waals surface area (Å²) in [7, 11) is 0. The van der Waals surface area contributed by atoms with Gasteiger partial charge in [0.25, 0.3) is 0 Å². The lowest BCUT2D eigenvalue weighted by Crippen LogP contribution is -2.46. The van der Waals surface area contributed by atoms with E-state index in [0.29, 0.717) is 61.8 Å². The molecule has 0 bridgehead atoms. The van der Waals surface area contributed by atoms with Gasteiger partial charge in [0.2, 0.25) is 34.9 Å². The van der Waals surface area contributed by atoms with E-state index in [9.17, 15) is 10.5 Å². The van der Waals surface area contributed by atoms with Gasteiger partial charge in [-0.2, -0.15) is 15.5 Å². The van der Waals surface area contributed by atoms with Crippen LogP contribution < -0.4 is 9.80 Å². The van der Waals surface area contributed by atoms with Crippen molar-refractivity contribution in [1.82, 2.24) is 9.97 Å². The first-order valence-electron chi connectivity index (χ1n) is 10.3. The number of anilines is 2. The minimum absolute atomic E-state index is 0.268. The average molecular weight is 475 g/mol. The largest absolute Gasteiger partial charge is 0.423 e. The van der Waals surface area contributed by atoms with Gasteiger partial charge in [-0.05, 0) is 29.0 Å². The molecule has 0 radical (unpaired) electrons. The van der Waals surface area contributed by atoms with Crippen molar-refractivity contribution in [3.63, 3.8) is 0 Å². The number of oxazole rings is 2. The number of aromatic nitrogens is 2. The van der Waals surface area contributed by atoms with Gasteiger partial charge in [0.1, 0.15) is 12.1 Å².